The van der Waals surface area contributed by atoms with E-state index in [2.05, 4.69) is 22.1 Å². The molecule has 0 aliphatic heterocycles. The molecule has 0 radical (unpaired) electrons. The first kappa shape index (κ1) is 14.2. The maximum atomic E-state index is 11.9. The lowest BCUT2D eigenvalue weighted by Crippen LogP contribution is -2.36. The zero-order valence-electron chi connectivity index (χ0n) is 10.9. The minimum Gasteiger partial charge on any atom is -0.384 e. The number of hydrogen-bond acceptors (Lipinski definition) is 3. The maximum Gasteiger partial charge on any atom is 0.253 e. The van der Waals surface area contributed by atoms with Gasteiger partial charge >= 0.3 is 0 Å². The molecule has 0 aliphatic rings. The van der Waals surface area contributed by atoms with Crippen molar-refractivity contribution in [1.82, 2.24) is 10.3 Å². The van der Waals surface area contributed by atoms with Crippen molar-refractivity contribution in [3.8, 4) is 11.8 Å². The first-order chi connectivity index (χ1) is 8.54. The second-order valence-electron chi connectivity index (χ2n) is 4.43. The number of aliphatic hydroxyl groups is 1. The van der Waals surface area contributed by atoms with Crippen LogP contribution in [0.5, 0.6) is 0 Å². The van der Waals surface area contributed by atoms with Gasteiger partial charge in [0.15, 0.2) is 0 Å². The summed E-state index contributed by atoms with van der Waals surface area (Å²) in [6, 6.07) is 1.77. The van der Waals surface area contributed by atoms with E-state index in [9.17, 15) is 4.79 Å². The van der Waals surface area contributed by atoms with E-state index in [0.29, 0.717) is 17.0 Å². The van der Waals surface area contributed by atoms with Crippen LogP contribution in [0.25, 0.3) is 0 Å². The Morgan fingerprint density at radius 2 is 2.17 bits per heavy atom. The molecule has 0 saturated carbocycles. The highest BCUT2D eigenvalue weighted by Crippen LogP contribution is 2.05. The smallest absolute Gasteiger partial charge is 0.253 e. The van der Waals surface area contributed by atoms with Crippen LogP contribution < -0.4 is 5.32 Å². The molecule has 1 aromatic rings. The second kappa shape index (κ2) is 6.77. The zero-order chi connectivity index (χ0) is 13.5. The average Bonchev–Trinajstić information content (AvgIpc) is 2.36. The molecule has 18 heavy (non-hydrogen) atoms. The van der Waals surface area contributed by atoms with E-state index < -0.39 is 0 Å². The monoisotopic (exact) mass is 246 g/mol. The molecule has 0 fully saturated rings. The van der Waals surface area contributed by atoms with E-state index in [1.54, 1.807) is 12.3 Å². The molecule has 1 amide bonds. The molecule has 2 N–H and O–H groups in total. The van der Waals surface area contributed by atoms with Crippen molar-refractivity contribution in [2.75, 3.05) is 6.61 Å². The molecular formula is C14H18N2O2. The highest BCUT2D eigenvalue weighted by atomic mass is 16.2. The lowest BCUT2D eigenvalue weighted by atomic mass is 10.1. The van der Waals surface area contributed by atoms with Crippen LogP contribution in [0.1, 0.15) is 36.7 Å². The van der Waals surface area contributed by atoms with Crippen LogP contribution in [0.15, 0.2) is 18.5 Å². The van der Waals surface area contributed by atoms with E-state index >= 15 is 0 Å². The number of carbonyl (C=O) groups is 1. The number of aromatic nitrogens is 1. The molecule has 1 heterocycles. The molecule has 0 saturated heterocycles. The summed E-state index contributed by atoms with van der Waals surface area (Å²) in [5.74, 6) is 5.46. The molecule has 96 valence electrons. The molecule has 0 aromatic carbocycles. The highest BCUT2D eigenvalue weighted by molar-refractivity contribution is 5.94. The topological polar surface area (TPSA) is 62.2 Å². The molecule has 4 heteroatoms. The van der Waals surface area contributed by atoms with Gasteiger partial charge in [-0.2, -0.15) is 0 Å². The number of nitrogens with one attached hydrogen (secondary N) is 1. The van der Waals surface area contributed by atoms with Gasteiger partial charge in [-0.1, -0.05) is 25.7 Å². The van der Waals surface area contributed by atoms with Crippen molar-refractivity contribution in [2.45, 2.75) is 26.8 Å². The van der Waals surface area contributed by atoms with Crippen LogP contribution in [-0.2, 0) is 0 Å². The van der Waals surface area contributed by atoms with Crippen LogP contribution in [-0.4, -0.2) is 28.6 Å². The molecule has 0 aliphatic carbocycles. The van der Waals surface area contributed by atoms with Gasteiger partial charge in [0.25, 0.3) is 5.91 Å². The first-order valence-corrected chi connectivity index (χ1v) is 5.90. The molecule has 1 aromatic heterocycles. The Morgan fingerprint density at radius 3 is 2.78 bits per heavy atom. The van der Waals surface area contributed by atoms with Gasteiger partial charge in [0.2, 0.25) is 0 Å². The molecule has 1 unspecified atom stereocenters. The van der Waals surface area contributed by atoms with Gasteiger partial charge in [0, 0.05) is 24.0 Å². The Balaban J connectivity index is 2.80. The molecule has 4 nitrogen and oxygen atoms in total. The Kier molecular flexibility index (Phi) is 5.34. The van der Waals surface area contributed by atoms with Crippen molar-refractivity contribution in [3.05, 3.63) is 29.6 Å². The molecule has 0 bridgehead atoms. The van der Waals surface area contributed by atoms with Crippen LogP contribution in [0.2, 0.25) is 0 Å². The summed E-state index contributed by atoms with van der Waals surface area (Å²) in [6.07, 6.45) is 3.07. The summed E-state index contributed by atoms with van der Waals surface area (Å²) in [7, 11) is 0. The van der Waals surface area contributed by atoms with Gasteiger partial charge in [-0.25, -0.2) is 0 Å². The van der Waals surface area contributed by atoms with Crippen molar-refractivity contribution < 1.29 is 9.90 Å². The van der Waals surface area contributed by atoms with Gasteiger partial charge in [-0.3, -0.25) is 9.78 Å². The normalized spacial score (nSPS) is 11.6. The Morgan fingerprint density at radius 1 is 1.44 bits per heavy atom. The van der Waals surface area contributed by atoms with E-state index in [4.69, 9.17) is 5.11 Å². The summed E-state index contributed by atoms with van der Waals surface area (Å²) in [4.78, 5) is 15.9. The molecule has 0 spiro atoms. The number of nitrogens with zero attached hydrogens (tertiary/aromatic N) is 1. The van der Waals surface area contributed by atoms with Gasteiger partial charge in [-0.15, -0.1) is 0 Å². The molecule has 1 rings (SSSR count). The fraction of sp³-hybridized carbons (Fsp3) is 0.429. The van der Waals surface area contributed by atoms with Gasteiger partial charge in [0.1, 0.15) is 6.61 Å². The van der Waals surface area contributed by atoms with Crippen LogP contribution in [0.3, 0.4) is 0 Å². The number of amides is 1. The van der Waals surface area contributed by atoms with E-state index in [0.717, 1.165) is 0 Å². The SMILES string of the molecule is CC(C)C(C)NC(=O)c1cncc(C#CCO)c1. The maximum absolute atomic E-state index is 11.9. The number of aliphatic hydroxyl groups excluding tert-OH is 1. The minimum absolute atomic E-state index is 0.102. The fourth-order valence-electron chi connectivity index (χ4n) is 1.23. The summed E-state index contributed by atoms with van der Waals surface area (Å²) in [5.41, 5.74) is 1.10. The average molecular weight is 246 g/mol. The highest BCUT2D eigenvalue weighted by Gasteiger charge is 2.12. The first-order valence-electron chi connectivity index (χ1n) is 5.90. The number of hydrogen-bond donors (Lipinski definition) is 2. The van der Waals surface area contributed by atoms with Crippen LogP contribution in [0.4, 0.5) is 0 Å². The second-order valence-corrected chi connectivity index (χ2v) is 4.43. The van der Waals surface area contributed by atoms with Crippen molar-refractivity contribution >= 4 is 5.91 Å². The minimum atomic E-state index is -0.208. The fourth-order valence-corrected chi connectivity index (χ4v) is 1.23. The van der Waals surface area contributed by atoms with Gasteiger partial charge < -0.3 is 10.4 Å². The quantitative estimate of drug-likeness (QED) is 0.788. The van der Waals surface area contributed by atoms with Crippen LogP contribution in [0, 0.1) is 17.8 Å². The Hall–Kier alpha value is -1.86. The third-order valence-electron chi connectivity index (χ3n) is 2.67. The molecular weight excluding hydrogens is 228 g/mol. The number of rotatable bonds is 3. The predicted molar refractivity (Wildman–Crippen MR) is 70.0 cm³/mol. The third kappa shape index (κ3) is 4.19. The lowest BCUT2D eigenvalue weighted by molar-refractivity contribution is 0.0930. The summed E-state index contributed by atoms with van der Waals surface area (Å²) < 4.78 is 0. The predicted octanol–water partition coefficient (Wildman–Crippen LogP) is 1.20. The zero-order valence-corrected chi connectivity index (χ0v) is 10.9. The van der Waals surface area contributed by atoms with E-state index in [1.807, 2.05) is 20.8 Å². The largest absolute Gasteiger partial charge is 0.384 e. The third-order valence-corrected chi connectivity index (χ3v) is 2.67. The van der Waals surface area contributed by atoms with Crippen LogP contribution >= 0.6 is 0 Å². The standard InChI is InChI=1S/C14H18N2O2/c1-10(2)11(3)16-14(18)13-7-12(5-4-6-17)8-15-9-13/h7-11,17H,6H2,1-3H3,(H,16,18). The van der Waals surface area contributed by atoms with Gasteiger partial charge in [0.05, 0.1) is 5.56 Å². The van der Waals surface area contributed by atoms with Crippen molar-refractivity contribution in [3.63, 3.8) is 0 Å². The Labute approximate surface area is 107 Å². The van der Waals surface area contributed by atoms with E-state index in [1.165, 1.54) is 6.20 Å². The lowest BCUT2D eigenvalue weighted by Gasteiger charge is -2.17. The van der Waals surface area contributed by atoms with Crippen molar-refractivity contribution in [1.29, 1.82) is 0 Å². The van der Waals surface area contributed by atoms with Crippen molar-refractivity contribution in [2.24, 2.45) is 5.92 Å². The molecule has 1 atom stereocenters. The summed E-state index contributed by atoms with van der Waals surface area (Å²) in [6.45, 7) is 5.85. The number of pyridine rings is 1. The van der Waals surface area contributed by atoms with Gasteiger partial charge in [-0.05, 0) is 18.9 Å². The van der Waals surface area contributed by atoms with E-state index in [-0.39, 0.29) is 18.6 Å². The summed E-state index contributed by atoms with van der Waals surface area (Å²) >= 11 is 0. The number of carbonyl (C=O) groups excluding carboxylic acids is 1. The summed E-state index contributed by atoms with van der Waals surface area (Å²) in [5, 5.41) is 11.5. The Bertz CT molecular complexity index is 472.